The fourth-order valence-electron chi connectivity index (χ4n) is 3.57. The van der Waals surface area contributed by atoms with Gasteiger partial charge in [0.05, 0.1) is 11.3 Å². The van der Waals surface area contributed by atoms with Crippen LogP contribution in [0.3, 0.4) is 0 Å². The molecule has 27 heavy (non-hydrogen) atoms. The number of hydrogen-bond donors (Lipinski definition) is 1. The van der Waals surface area contributed by atoms with Gasteiger partial charge in [-0.2, -0.15) is 0 Å². The van der Waals surface area contributed by atoms with Crippen molar-refractivity contribution in [2.75, 3.05) is 31.1 Å². The number of amides is 1. The zero-order valence-corrected chi connectivity index (χ0v) is 14.8. The van der Waals surface area contributed by atoms with E-state index in [0.29, 0.717) is 32.6 Å². The molecule has 0 unspecified atom stereocenters. The molecule has 1 aromatic heterocycles. The van der Waals surface area contributed by atoms with E-state index in [-0.39, 0.29) is 16.5 Å². The van der Waals surface area contributed by atoms with Crippen LogP contribution in [0.25, 0.3) is 10.9 Å². The molecule has 2 heterocycles. The van der Waals surface area contributed by atoms with E-state index >= 15 is 0 Å². The van der Waals surface area contributed by atoms with Crippen molar-refractivity contribution in [1.82, 2.24) is 9.88 Å². The number of fused-ring (bicyclic) bond motifs is 1. The standard InChI is InChI=1S/C20H20N4O3/c25-20(12-15-14-21-19-7-2-1-6-18(15)19)23-10-8-22(9-11-23)16-4-3-5-17(13-16)24(26)27/h1-7,13-14,21H,8-12H2. The summed E-state index contributed by atoms with van der Waals surface area (Å²) in [5.74, 6) is 0.110. The van der Waals surface area contributed by atoms with E-state index in [1.165, 1.54) is 6.07 Å². The quantitative estimate of drug-likeness (QED) is 0.570. The first-order valence-electron chi connectivity index (χ1n) is 8.94. The first-order chi connectivity index (χ1) is 13.1. The van der Waals surface area contributed by atoms with Gasteiger partial charge < -0.3 is 14.8 Å². The zero-order valence-electron chi connectivity index (χ0n) is 14.8. The largest absolute Gasteiger partial charge is 0.368 e. The number of nitro groups is 1. The summed E-state index contributed by atoms with van der Waals surface area (Å²) in [5.41, 5.74) is 2.96. The van der Waals surface area contributed by atoms with Crippen molar-refractivity contribution in [3.8, 4) is 0 Å². The van der Waals surface area contributed by atoms with Crippen molar-refractivity contribution in [1.29, 1.82) is 0 Å². The predicted octanol–water partition coefficient (Wildman–Crippen LogP) is 2.97. The molecule has 1 saturated heterocycles. The van der Waals surface area contributed by atoms with Gasteiger partial charge in [0.1, 0.15) is 0 Å². The number of nitrogens with one attached hydrogen (secondary N) is 1. The van der Waals surface area contributed by atoms with E-state index < -0.39 is 0 Å². The van der Waals surface area contributed by atoms with E-state index in [4.69, 9.17) is 0 Å². The highest BCUT2D eigenvalue weighted by Crippen LogP contribution is 2.23. The normalized spacial score (nSPS) is 14.5. The van der Waals surface area contributed by atoms with Crippen molar-refractivity contribution >= 4 is 28.2 Å². The SMILES string of the molecule is O=C(Cc1c[nH]c2ccccc12)N1CCN(c2cccc([N+](=O)[O-])c2)CC1. The summed E-state index contributed by atoms with van der Waals surface area (Å²) < 4.78 is 0. The van der Waals surface area contributed by atoms with Crippen molar-refractivity contribution < 1.29 is 9.72 Å². The van der Waals surface area contributed by atoms with Crippen LogP contribution in [-0.2, 0) is 11.2 Å². The number of piperazine rings is 1. The smallest absolute Gasteiger partial charge is 0.271 e. The summed E-state index contributed by atoms with van der Waals surface area (Å²) in [5, 5.41) is 12.0. The monoisotopic (exact) mass is 364 g/mol. The third kappa shape index (κ3) is 3.48. The van der Waals surface area contributed by atoms with Crippen molar-refractivity contribution in [3.63, 3.8) is 0 Å². The van der Waals surface area contributed by atoms with Gasteiger partial charge in [0.15, 0.2) is 0 Å². The van der Waals surface area contributed by atoms with Gasteiger partial charge in [-0.1, -0.05) is 24.3 Å². The van der Waals surface area contributed by atoms with Gasteiger partial charge >= 0.3 is 0 Å². The van der Waals surface area contributed by atoms with E-state index in [1.807, 2.05) is 41.4 Å². The lowest BCUT2D eigenvalue weighted by Gasteiger charge is -2.36. The summed E-state index contributed by atoms with van der Waals surface area (Å²) in [6.07, 6.45) is 2.28. The van der Waals surface area contributed by atoms with Crippen LogP contribution in [0.5, 0.6) is 0 Å². The molecule has 0 bridgehead atoms. The Kier molecular flexibility index (Phi) is 4.50. The number of H-pyrrole nitrogens is 1. The van der Waals surface area contributed by atoms with Gasteiger partial charge in [-0.25, -0.2) is 0 Å². The van der Waals surface area contributed by atoms with E-state index in [2.05, 4.69) is 9.88 Å². The molecular formula is C20H20N4O3. The topological polar surface area (TPSA) is 82.5 Å². The van der Waals surface area contributed by atoms with Crippen LogP contribution in [0.1, 0.15) is 5.56 Å². The first-order valence-corrected chi connectivity index (χ1v) is 8.94. The fourth-order valence-corrected chi connectivity index (χ4v) is 3.57. The number of carbonyl (C=O) groups is 1. The molecule has 138 valence electrons. The molecule has 1 fully saturated rings. The van der Waals surface area contributed by atoms with Crippen LogP contribution < -0.4 is 4.90 Å². The van der Waals surface area contributed by atoms with Gasteiger partial charge in [-0.15, -0.1) is 0 Å². The minimum atomic E-state index is -0.384. The lowest BCUT2D eigenvalue weighted by Crippen LogP contribution is -2.49. The maximum absolute atomic E-state index is 12.7. The molecule has 0 atom stereocenters. The average molecular weight is 364 g/mol. The minimum absolute atomic E-state index is 0.0883. The average Bonchev–Trinajstić information content (AvgIpc) is 3.11. The molecule has 4 rings (SSSR count). The summed E-state index contributed by atoms with van der Waals surface area (Å²) in [6, 6.07) is 14.6. The van der Waals surface area contributed by atoms with Crippen LogP contribution in [0.15, 0.2) is 54.7 Å². The molecule has 2 aromatic carbocycles. The number of aromatic amines is 1. The Bertz CT molecular complexity index is 990. The van der Waals surface area contributed by atoms with E-state index in [9.17, 15) is 14.9 Å². The van der Waals surface area contributed by atoms with Crippen LogP contribution in [0.2, 0.25) is 0 Å². The summed E-state index contributed by atoms with van der Waals surface area (Å²) >= 11 is 0. The third-order valence-electron chi connectivity index (χ3n) is 5.05. The molecule has 7 heteroatoms. The Morgan fingerprint density at radius 3 is 2.63 bits per heavy atom. The number of hydrogen-bond acceptors (Lipinski definition) is 4. The van der Waals surface area contributed by atoms with E-state index in [1.54, 1.807) is 12.1 Å². The van der Waals surface area contributed by atoms with Gasteiger partial charge in [-0.05, 0) is 17.7 Å². The highest BCUT2D eigenvalue weighted by molar-refractivity contribution is 5.89. The minimum Gasteiger partial charge on any atom is -0.368 e. The molecule has 1 aliphatic heterocycles. The molecule has 1 aliphatic rings. The summed E-state index contributed by atoms with van der Waals surface area (Å²) in [4.78, 5) is 30.4. The predicted molar refractivity (Wildman–Crippen MR) is 104 cm³/mol. The second-order valence-electron chi connectivity index (χ2n) is 6.68. The Balaban J connectivity index is 1.39. The Labute approximate surface area is 156 Å². The molecule has 0 radical (unpaired) electrons. The number of aromatic nitrogens is 1. The molecule has 7 nitrogen and oxygen atoms in total. The van der Waals surface area contributed by atoms with Crippen LogP contribution in [-0.4, -0.2) is 46.9 Å². The fraction of sp³-hybridized carbons (Fsp3) is 0.250. The lowest BCUT2D eigenvalue weighted by molar-refractivity contribution is -0.384. The van der Waals surface area contributed by atoms with Crippen molar-refractivity contribution in [3.05, 3.63) is 70.4 Å². The number of non-ortho nitro benzene ring substituents is 1. The zero-order chi connectivity index (χ0) is 18.8. The number of nitro benzene ring substituents is 1. The molecule has 0 aliphatic carbocycles. The van der Waals surface area contributed by atoms with E-state index in [0.717, 1.165) is 22.2 Å². The number of para-hydroxylation sites is 1. The summed E-state index contributed by atoms with van der Waals surface area (Å²) in [6.45, 7) is 2.56. The Morgan fingerprint density at radius 2 is 1.85 bits per heavy atom. The third-order valence-corrected chi connectivity index (χ3v) is 5.05. The van der Waals surface area contributed by atoms with Crippen LogP contribution in [0, 0.1) is 10.1 Å². The number of benzene rings is 2. The maximum Gasteiger partial charge on any atom is 0.271 e. The van der Waals surface area contributed by atoms with Gasteiger partial charge in [0.25, 0.3) is 5.69 Å². The Hall–Kier alpha value is -3.35. The number of carbonyl (C=O) groups excluding carboxylic acids is 1. The molecule has 0 spiro atoms. The maximum atomic E-state index is 12.7. The van der Waals surface area contributed by atoms with Gasteiger partial charge in [-0.3, -0.25) is 14.9 Å². The highest BCUT2D eigenvalue weighted by Gasteiger charge is 2.23. The second-order valence-corrected chi connectivity index (χ2v) is 6.68. The highest BCUT2D eigenvalue weighted by atomic mass is 16.6. The number of nitrogens with zero attached hydrogens (tertiary/aromatic N) is 3. The number of anilines is 1. The molecule has 1 amide bonds. The Morgan fingerprint density at radius 1 is 1.07 bits per heavy atom. The molecule has 1 N–H and O–H groups in total. The van der Waals surface area contributed by atoms with Crippen LogP contribution in [0.4, 0.5) is 11.4 Å². The lowest BCUT2D eigenvalue weighted by atomic mass is 10.1. The molecule has 3 aromatic rings. The summed E-state index contributed by atoms with van der Waals surface area (Å²) in [7, 11) is 0. The number of rotatable bonds is 4. The van der Waals surface area contributed by atoms with Crippen molar-refractivity contribution in [2.24, 2.45) is 0 Å². The molecule has 0 saturated carbocycles. The first kappa shape index (κ1) is 17.1. The van der Waals surface area contributed by atoms with Gasteiger partial charge in [0, 0.05) is 61.1 Å². The molecular weight excluding hydrogens is 344 g/mol. The van der Waals surface area contributed by atoms with Gasteiger partial charge in [0.2, 0.25) is 5.91 Å². The van der Waals surface area contributed by atoms with Crippen molar-refractivity contribution in [2.45, 2.75) is 6.42 Å². The van der Waals surface area contributed by atoms with Crippen LogP contribution >= 0.6 is 0 Å². The second kappa shape index (κ2) is 7.11.